The number of hydrogen-bond acceptors (Lipinski definition) is 3. The van der Waals surface area contributed by atoms with E-state index in [2.05, 4.69) is 14.7 Å². The molecule has 0 radical (unpaired) electrons. The van der Waals surface area contributed by atoms with Crippen molar-refractivity contribution in [3.63, 3.8) is 0 Å². The molecule has 0 bridgehead atoms. The number of imidazole rings is 1. The third-order valence-corrected chi connectivity index (χ3v) is 2.88. The third-order valence-electron chi connectivity index (χ3n) is 2.88. The van der Waals surface area contributed by atoms with E-state index >= 15 is 0 Å². The molecule has 0 aliphatic heterocycles. The van der Waals surface area contributed by atoms with Gasteiger partial charge in [-0.15, -0.1) is 13.2 Å². The number of hydrogen-bond donors (Lipinski definition) is 2. The summed E-state index contributed by atoms with van der Waals surface area (Å²) in [5.74, 6) is 0.596. The highest BCUT2D eigenvalue weighted by molar-refractivity contribution is 5.59. The van der Waals surface area contributed by atoms with Gasteiger partial charge in [0.2, 0.25) is 0 Å². The van der Waals surface area contributed by atoms with Gasteiger partial charge >= 0.3 is 6.36 Å². The zero-order valence-electron chi connectivity index (χ0n) is 11.3. The summed E-state index contributed by atoms with van der Waals surface area (Å²) in [6.45, 7) is 0.647. The molecule has 0 saturated heterocycles. The second-order valence-electron chi connectivity index (χ2n) is 4.55. The lowest BCUT2D eigenvalue weighted by Crippen LogP contribution is -2.16. The van der Waals surface area contributed by atoms with E-state index in [1.807, 2.05) is 0 Å². The van der Waals surface area contributed by atoms with Gasteiger partial charge in [0, 0.05) is 18.2 Å². The molecule has 114 valence electrons. The van der Waals surface area contributed by atoms with Crippen LogP contribution in [0.2, 0.25) is 0 Å². The van der Waals surface area contributed by atoms with Crippen LogP contribution in [0.3, 0.4) is 0 Å². The van der Waals surface area contributed by atoms with Crippen LogP contribution < -0.4 is 10.5 Å². The number of benzene rings is 1. The number of aromatic nitrogens is 2. The quantitative estimate of drug-likeness (QED) is 0.805. The van der Waals surface area contributed by atoms with Crippen LogP contribution in [0.15, 0.2) is 30.5 Å². The minimum Gasteiger partial charge on any atom is -0.406 e. The number of H-pyrrole nitrogens is 1. The Morgan fingerprint density at radius 3 is 2.48 bits per heavy atom. The minimum absolute atomic E-state index is 0.245. The number of nitrogens with one attached hydrogen (secondary N) is 1. The molecule has 7 heteroatoms. The van der Waals surface area contributed by atoms with E-state index in [9.17, 15) is 13.2 Å². The highest BCUT2D eigenvalue weighted by Crippen LogP contribution is 2.25. The molecule has 0 aliphatic rings. The summed E-state index contributed by atoms with van der Waals surface area (Å²) in [4.78, 5) is 7.45. The first kappa shape index (κ1) is 15.4. The van der Waals surface area contributed by atoms with Gasteiger partial charge in [0.05, 0.1) is 5.69 Å². The van der Waals surface area contributed by atoms with Crippen molar-refractivity contribution in [2.24, 2.45) is 5.73 Å². The van der Waals surface area contributed by atoms with Crippen molar-refractivity contribution in [2.45, 2.75) is 25.6 Å². The van der Waals surface area contributed by atoms with Crippen molar-refractivity contribution in [3.05, 3.63) is 36.3 Å². The number of aromatic amines is 1. The zero-order valence-corrected chi connectivity index (χ0v) is 11.3. The molecule has 21 heavy (non-hydrogen) atoms. The van der Waals surface area contributed by atoms with Gasteiger partial charge in [0.1, 0.15) is 11.6 Å². The van der Waals surface area contributed by atoms with Gasteiger partial charge in [0.25, 0.3) is 0 Å². The van der Waals surface area contributed by atoms with Gasteiger partial charge in [-0.1, -0.05) is 0 Å². The van der Waals surface area contributed by atoms with E-state index in [0.717, 1.165) is 30.7 Å². The Balaban J connectivity index is 2.02. The predicted octanol–water partition coefficient (Wildman–Crippen LogP) is 3.26. The van der Waals surface area contributed by atoms with E-state index in [-0.39, 0.29) is 5.75 Å². The maximum atomic E-state index is 12.1. The maximum absolute atomic E-state index is 12.1. The van der Waals surface area contributed by atoms with E-state index in [1.165, 1.54) is 12.1 Å². The summed E-state index contributed by atoms with van der Waals surface area (Å²) < 4.78 is 40.0. The number of halogens is 3. The number of aryl methyl sites for hydroxylation is 1. The fourth-order valence-electron chi connectivity index (χ4n) is 1.90. The number of nitrogens with two attached hydrogens (primary N) is 1. The number of unbranched alkanes of at least 4 members (excludes halogenated alkanes) is 1. The van der Waals surface area contributed by atoms with Gasteiger partial charge in [-0.2, -0.15) is 0 Å². The number of alkyl halides is 3. The van der Waals surface area contributed by atoms with E-state index in [4.69, 9.17) is 5.73 Å². The molecule has 0 aliphatic carbocycles. The minimum atomic E-state index is -4.68. The molecule has 1 aromatic heterocycles. The molecule has 0 atom stereocenters. The maximum Gasteiger partial charge on any atom is 0.573 e. The van der Waals surface area contributed by atoms with Crippen molar-refractivity contribution in [2.75, 3.05) is 6.54 Å². The van der Waals surface area contributed by atoms with E-state index in [0.29, 0.717) is 12.2 Å². The Morgan fingerprint density at radius 1 is 1.14 bits per heavy atom. The summed E-state index contributed by atoms with van der Waals surface area (Å²) in [6, 6.07) is 5.62. The van der Waals surface area contributed by atoms with Crippen LogP contribution in [0.4, 0.5) is 13.2 Å². The van der Waals surface area contributed by atoms with Crippen molar-refractivity contribution in [3.8, 4) is 17.0 Å². The summed E-state index contributed by atoms with van der Waals surface area (Å²) in [5.41, 5.74) is 6.84. The monoisotopic (exact) mass is 299 g/mol. The largest absolute Gasteiger partial charge is 0.573 e. The van der Waals surface area contributed by atoms with Crippen molar-refractivity contribution in [1.29, 1.82) is 0 Å². The molecule has 1 heterocycles. The number of rotatable bonds is 6. The fraction of sp³-hybridized carbons (Fsp3) is 0.357. The molecule has 2 rings (SSSR count). The molecule has 0 spiro atoms. The second-order valence-corrected chi connectivity index (χ2v) is 4.55. The molecule has 0 amide bonds. The molecule has 0 unspecified atom stereocenters. The molecule has 1 aromatic carbocycles. The first-order chi connectivity index (χ1) is 9.98. The molecule has 0 saturated carbocycles. The molecular formula is C14H16F3N3O. The first-order valence-corrected chi connectivity index (χ1v) is 6.58. The van der Waals surface area contributed by atoms with E-state index in [1.54, 1.807) is 18.3 Å². The predicted molar refractivity (Wildman–Crippen MR) is 72.7 cm³/mol. The Morgan fingerprint density at radius 2 is 1.86 bits per heavy atom. The van der Waals surface area contributed by atoms with Gasteiger partial charge in [-0.25, -0.2) is 4.98 Å². The summed E-state index contributed by atoms with van der Waals surface area (Å²) in [7, 11) is 0. The van der Waals surface area contributed by atoms with Crippen LogP contribution in [-0.4, -0.2) is 22.9 Å². The molecule has 0 fully saturated rings. The molecule has 4 nitrogen and oxygen atoms in total. The van der Waals surface area contributed by atoms with Crippen molar-refractivity contribution in [1.82, 2.24) is 9.97 Å². The lowest BCUT2D eigenvalue weighted by Gasteiger charge is -2.08. The standard InChI is InChI=1S/C14H16F3N3O/c15-14(16,17)21-11-6-4-10(5-7-11)12-9-19-13(20-12)3-1-2-8-18/h4-7,9H,1-3,8,18H2,(H,19,20). The SMILES string of the molecule is NCCCCc1nc(-c2ccc(OC(F)(F)F)cc2)c[nH]1. The highest BCUT2D eigenvalue weighted by Gasteiger charge is 2.30. The van der Waals surface area contributed by atoms with Gasteiger partial charge < -0.3 is 15.5 Å². The normalized spacial score (nSPS) is 11.6. The number of nitrogens with zero attached hydrogens (tertiary/aromatic N) is 1. The van der Waals surface area contributed by atoms with Gasteiger partial charge in [0.15, 0.2) is 0 Å². The van der Waals surface area contributed by atoms with Gasteiger partial charge in [-0.05, 0) is 43.7 Å². The number of ether oxygens (including phenoxy) is 1. The van der Waals surface area contributed by atoms with Crippen LogP contribution in [0.5, 0.6) is 5.75 Å². The van der Waals surface area contributed by atoms with Crippen LogP contribution in [0.25, 0.3) is 11.3 Å². The van der Waals surface area contributed by atoms with E-state index < -0.39 is 6.36 Å². The van der Waals surface area contributed by atoms with Crippen molar-refractivity contribution >= 4 is 0 Å². The zero-order chi connectivity index (χ0) is 15.3. The molecule has 2 aromatic rings. The fourth-order valence-corrected chi connectivity index (χ4v) is 1.90. The van der Waals surface area contributed by atoms with Crippen LogP contribution in [-0.2, 0) is 6.42 Å². The Bertz CT molecular complexity index is 564. The highest BCUT2D eigenvalue weighted by atomic mass is 19.4. The average Bonchev–Trinajstić information content (AvgIpc) is 2.87. The first-order valence-electron chi connectivity index (χ1n) is 6.58. The van der Waals surface area contributed by atoms with Crippen molar-refractivity contribution < 1.29 is 17.9 Å². The summed E-state index contributed by atoms with van der Waals surface area (Å²) in [6.07, 6.45) is -0.269. The molecule has 3 N–H and O–H groups in total. The third kappa shape index (κ3) is 4.78. The van der Waals surface area contributed by atoms with Crippen LogP contribution >= 0.6 is 0 Å². The summed E-state index contributed by atoms with van der Waals surface area (Å²) >= 11 is 0. The summed E-state index contributed by atoms with van der Waals surface area (Å²) in [5, 5.41) is 0. The van der Waals surface area contributed by atoms with Crippen LogP contribution in [0.1, 0.15) is 18.7 Å². The lowest BCUT2D eigenvalue weighted by molar-refractivity contribution is -0.274. The Kier molecular flexibility index (Phi) is 4.85. The van der Waals surface area contributed by atoms with Gasteiger partial charge in [-0.3, -0.25) is 0 Å². The Hall–Kier alpha value is -2.02. The smallest absolute Gasteiger partial charge is 0.406 e. The Labute approximate surface area is 120 Å². The van der Waals surface area contributed by atoms with Crippen LogP contribution in [0, 0.1) is 0 Å². The molecular weight excluding hydrogens is 283 g/mol. The second kappa shape index (κ2) is 6.62. The topological polar surface area (TPSA) is 63.9 Å². The average molecular weight is 299 g/mol. The lowest BCUT2D eigenvalue weighted by atomic mass is 10.1.